The van der Waals surface area contributed by atoms with Gasteiger partial charge in [-0.1, -0.05) is 18.2 Å². The van der Waals surface area contributed by atoms with Gasteiger partial charge in [0.1, 0.15) is 5.82 Å². The van der Waals surface area contributed by atoms with E-state index in [2.05, 4.69) is 66.7 Å². The average Bonchev–Trinajstić information content (AvgIpc) is 3.29. The third-order valence-corrected chi connectivity index (χ3v) is 3.67. The van der Waals surface area contributed by atoms with Crippen LogP contribution in [0.15, 0.2) is 42.5 Å². The van der Waals surface area contributed by atoms with Gasteiger partial charge in [0.2, 0.25) is 0 Å². The normalized spacial score (nSPS) is 14.3. The number of benzene rings is 1. The van der Waals surface area contributed by atoms with Crippen molar-refractivity contribution in [2.75, 3.05) is 11.9 Å². The summed E-state index contributed by atoms with van der Waals surface area (Å²) < 4.78 is 0. The number of hydrogen-bond donors (Lipinski definition) is 1. The molecule has 0 amide bonds. The number of anilines is 2. The Balaban J connectivity index is 1.76. The first-order valence-corrected chi connectivity index (χ1v) is 7.22. The van der Waals surface area contributed by atoms with E-state index in [0.717, 1.165) is 24.1 Å². The van der Waals surface area contributed by atoms with Crippen LogP contribution < -0.4 is 10.2 Å². The van der Waals surface area contributed by atoms with Gasteiger partial charge in [-0.3, -0.25) is 0 Å². The van der Waals surface area contributed by atoms with Crippen molar-refractivity contribution >= 4 is 11.5 Å². The van der Waals surface area contributed by atoms with Crippen molar-refractivity contribution in [2.24, 2.45) is 0 Å². The zero-order valence-electron chi connectivity index (χ0n) is 12.1. The molecule has 1 aliphatic rings. The molecule has 1 fully saturated rings. The Bertz CT molecular complexity index is 590. The first-order valence-electron chi connectivity index (χ1n) is 7.22. The lowest BCUT2D eigenvalue weighted by molar-refractivity contribution is 0.674. The maximum atomic E-state index is 4.74. The van der Waals surface area contributed by atoms with Crippen LogP contribution in [0.4, 0.5) is 11.5 Å². The summed E-state index contributed by atoms with van der Waals surface area (Å²) in [6.45, 7) is 2.97. The van der Waals surface area contributed by atoms with Gasteiger partial charge in [-0.05, 0) is 49.6 Å². The fourth-order valence-electron chi connectivity index (χ4n) is 2.26. The highest BCUT2D eigenvalue weighted by Crippen LogP contribution is 2.23. The van der Waals surface area contributed by atoms with Crippen molar-refractivity contribution in [3.05, 3.63) is 53.7 Å². The van der Waals surface area contributed by atoms with E-state index in [-0.39, 0.29) is 0 Å². The van der Waals surface area contributed by atoms with E-state index in [1.165, 1.54) is 24.1 Å². The molecule has 0 atom stereocenters. The largest absolute Gasteiger partial charge is 0.329 e. The molecule has 20 heavy (non-hydrogen) atoms. The Hall–Kier alpha value is -1.87. The Morgan fingerprint density at radius 3 is 2.75 bits per heavy atom. The lowest BCUT2D eigenvalue weighted by atomic mass is 10.2. The molecule has 0 bridgehead atoms. The summed E-state index contributed by atoms with van der Waals surface area (Å²) in [7, 11) is 2.06. The molecular formula is C17H21N3. The molecule has 1 aromatic heterocycles. The highest BCUT2D eigenvalue weighted by molar-refractivity contribution is 5.59. The van der Waals surface area contributed by atoms with Gasteiger partial charge < -0.3 is 10.2 Å². The number of nitrogens with one attached hydrogen (secondary N) is 1. The minimum Gasteiger partial charge on any atom is -0.329 e. The molecule has 0 radical (unpaired) electrons. The van der Waals surface area contributed by atoms with Crippen molar-refractivity contribution in [2.45, 2.75) is 32.4 Å². The SMILES string of the molecule is Cc1cccc(N(C)c2cccc(CNC3CC3)n2)c1. The van der Waals surface area contributed by atoms with Gasteiger partial charge in [-0.2, -0.15) is 0 Å². The van der Waals surface area contributed by atoms with Crippen molar-refractivity contribution in [3.63, 3.8) is 0 Å². The number of aryl methyl sites for hydroxylation is 1. The highest BCUT2D eigenvalue weighted by Gasteiger charge is 2.20. The molecular weight excluding hydrogens is 246 g/mol. The number of pyridine rings is 1. The Morgan fingerprint density at radius 2 is 2.00 bits per heavy atom. The van der Waals surface area contributed by atoms with Gasteiger partial charge in [-0.15, -0.1) is 0 Å². The Kier molecular flexibility index (Phi) is 3.70. The molecule has 0 aliphatic heterocycles. The molecule has 0 spiro atoms. The van der Waals surface area contributed by atoms with Gasteiger partial charge in [0.15, 0.2) is 0 Å². The lowest BCUT2D eigenvalue weighted by Gasteiger charge is -2.19. The molecule has 1 heterocycles. The number of hydrogen-bond acceptors (Lipinski definition) is 3. The average molecular weight is 267 g/mol. The van der Waals surface area contributed by atoms with Crippen LogP contribution in [0.25, 0.3) is 0 Å². The van der Waals surface area contributed by atoms with Gasteiger partial charge in [0, 0.05) is 25.3 Å². The van der Waals surface area contributed by atoms with E-state index in [1.807, 2.05) is 0 Å². The number of aromatic nitrogens is 1. The van der Waals surface area contributed by atoms with Gasteiger partial charge in [0.05, 0.1) is 5.69 Å². The molecule has 3 nitrogen and oxygen atoms in total. The summed E-state index contributed by atoms with van der Waals surface area (Å²) in [6, 6.07) is 15.4. The second-order valence-corrected chi connectivity index (χ2v) is 5.54. The summed E-state index contributed by atoms with van der Waals surface area (Å²) in [6.07, 6.45) is 2.62. The predicted octanol–water partition coefficient (Wildman–Crippen LogP) is 3.41. The summed E-state index contributed by atoms with van der Waals surface area (Å²) in [5.41, 5.74) is 3.54. The third-order valence-electron chi connectivity index (χ3n) is 3.67. The van der Waals surface area contributed by atoms with E-state index in [1.54, 1.807) is 0 Å². The Labute approximate surface area is 120 Å². The smallest absolute Gasteiger partial charge is 0.133 e. The van der Waals surface area contributed by atoms with Crippen LogP contribution in [0.3, 0.4) is 0 Å². The van der Waals surface area contributed by atoms with Gasteiger partial charge in [-0.25, -0.2) is 4.98 Å². The van der Waals surface area contributed by atoms with E-state index in [0.29, 0.717) is 0 Å². The quantitative estimate of drug-likeness (QED) is 0.900. The van der Waals surface area contributed by atoms with E-state index in [4.69, 9.17) is 4.98 Å². The first kappa shape index (κ1) is 13.1. The van der Waals surface area contributed by atoms with Crippen LogP contribution >= 0.6 is 0 Å². The summed E-state index contributed by atoms with van der Waals surface area (Å²) >= 11 is 0. The van der Waals surface area contributed by atoms with Crippen LogP contribution in [-0.2, 0) is 6.54 Å². The van der Waals surface area contributed by atoms with Gasteiger partial charge in [0.25, 0.3) is 0 Å². The van der Waals surface area contributed by atoms with Crippen LogP contribution in [0.5, 0.6) is 0 Å². The molecule has 3 rings (SSSR count). The van der Waals surface area contributed by atoms with Gasteiger partial charge >= 0.3 is 0 Å². The monoisotopic (exact) mass is 267 g/mol. The standard InChI is InChI=1S/C17H21N3/c1-13-5-3-7-16(11-13)20(2)17-8-4-6-15(19-17)12-18-14-9-10-14/h3-8,11,14,18H,9-10,12H2,1-2H3. The molecule has 1 saturated carbocycles. The fraction of sp³-hybridized carbons (Fsp3) is 0.353. The molecule has 0 unspecified atom stereocenters. The minimum absolute atomic E-state index is 0.718. The van der Waals surface area contributed by atoms with Crippen LogP contribution in [0.1, 0.15) is 24.1 Å². The summed E-state index contributed by atoms with van der Waals surface area (Å²) in [5.74, 6) is 0.991. The number of nitrogens with zero attached hydrogens (tertiary/aromatic N) is 2. The lowest BCUT2D eigenvalue weighted by Crippen LogP contribution is -2.17. The third kappa shape index (κ3) is 3.17. The zero-order chi connectivity index (χ0) is 13.9. The van der Waals surface area contributed by atoms with E-state index < -0.39 is 0 Å². The van der Waals surface area contributed by atoms with Crippen molar-refractivity contribution in [1.82, 2.24) is 10.3 Å². The zero-order valence-corrected chi connectivity index (χ0v) is 12.1. The van der Waals surface area contributed by atoms with Crippen LogP contribution in [0.2, 0.25) is 0 Å². The van der Waals surface area contributed by atoms with Crippen molar-refractivity contribution in [3.8, 4) is 0 Å². The molecule has 104 valence electrons. The van der Waals surface area contributed by atoms with E-state index in [9.17, 15) is 0 Å². The number of rotatable bonds is 5. The van der Waals surface area contributed by atoms with Crippen molar-refractivity contribution < 1.29 is 0 Å². The van der Waals surface area contributed by atoms with E-state index >= 15 is 0 Å². The summed E-state index contributed by atoms with van der Waals surface area (Å²) in [5, 5.41) is 3.51. The highest BCUT2D eigenvalue weighted by atomic mass is 15.2. The molecule has 1 N–H and O–H groups in total. The topological polar surface area (TPSA) is 28.2 Å². The van der Waals surface area contributed by atoms with Crippen LogP contribution in [0, 0.1) is 6.92 Å². The summed E-state index contributed by atoms with van der Waals surface area (Å²) in [4.78, 5) is 6.87. The minimum atomic E-state index is 0.718. The maximum Gasteiger partial charge on any atom is 0.133 e. The molecule has 1 aromatic carbocycles. The molecule has 2 aromatic rings. The molecule has 3 heteroatoms. The Morgan fingerprint density at radius 1 is 1.20 bits per heavy atom. The predicted molar refractivity (Wildman–Crippen MR) is 83.3 cm³/mol. The maximum absolute atomic E-state index is 4.74. The second kappa shape index (κ2) is 5.63. The second-order valence-electron chi connectivity index (χ2n) is 5.54. The first-order chi connectivity index (χ1) is 9.72. The molecule has 1 aliphatic carbocycles. The fourth-order valence-corrected chi connectivity index (χ4v) is 2.26. The van der Waals surface area contributed by atoms with Crippen LogP contribution in [-0.4, -0.2) is 18.1 Å². The molecule has 0 saturated heterocycles. The van der Waals surface area contributed by atoms with Crippen molar-refractivity contribution in [1.29, 1.82) is 0 Å².